The van der Waals surface area contributed by atoms with Crippen molar-refractivity contribution in [3.63, 3.8) is 0 Å². The van der Waals surface area contributed by atoms with Crippen LogP contribution in [0.4, 0.5) is 0 Å². The maximum atomic E-state index is 10.5. The smallest absolute Gasteiger partial charge is 0.384 e. The molecule has 0 fully saturated rings. The van der Waals surface area contributed by atoms with Gasteiger partial charge in [-0.15, -0.1) is 0 Å². The Bertz CT molecular complexity index is 317. The molecule has 0 unspecified atom stereocenters. The van der Waals surface area contributed by atoms with Crippen LogP contribution in [-0.4, -0.2) is 5.97 Å². The highest BCUT2D eigenvalue weighted by atomic mass is 16.5. The molecule has 0 aliphatic rings. The summed E-state index contributed by atoms with van der Waals surface area (Å²) in [6.07, 6.45) is 0. The summed E-state index contributed by atoms with van der Waals surface area (Å²) in [7, 11) is 2.95. The highest BCUT2D eigenvalue weighted by Crippen LogP contribution is 1.94. The number of ether oxygens (including phenoxy) is 1. The standard InChI is InChI=1S/C10H7O2/c1-12-10(11)8-7-9-5-3-2-4-6-9/h2-6H,1H2. The van der Waals surface area contributed by atoms with Gasteiger partial charge in [0.25, 0.3) is 0 Å². The third-order valence-electron chi connectivity index (χ3n) is 1.21. The van der Waals surface area contributed by atoms with Gasteiger partial charge in [0.05, 0.1) is 0 Å². The highest BCUT2D eigenvalue weighted by Gasteiger charge is 1.89. The topological polar surface area (TPSA) is 26.3 Å². The minimum atomic E-state index is -0.626. The highest BCUT2D eigenvalue weighted by molar-refractivity contribution is 5.89. The van der Waals surface area contributed by atoms with E-state index in [0.29, 0.717) is 0 Å². The molecule has 12 heavy (non-hydrogen) atoms. The van der Waals surface area contributed by atoms with Gasteiger partial charge >= 0.3 is 5.97 Å². The van der Waals surface area contributed by atoms with Gasteiger partial charge in [-0.1, -0.05) is 24.1 Å². The molecule has 2 heteroatoms. The van der Waals surface area contributed by atoms with Crippen molar-refractivity contribution in [1.29, 1.82) is 0 Å². The molecule has 1 aromatic carbocycles. The largest absolute Gasteiger partial charge is 0.452 e. The fourth-order valence-electron chi connectivity index (χ4n) is 0.681. The second kappa shape index (κ2) is 4.20. The first-order valence-corrected chi connectivity index (χ1v) is 3.36. The molecule has 0 spiro atoms. The predicted octanol–water partition coefficient (Wildman–Crippen LogP) is 1.37. The molecule has 0 atom stereocenters. The van der Waals surface area contributed by atoms with E-state index < -0.39 is 5.97 Å². The van der Waals surface area contributed by atoms with Gasteiger partial charge in [0.15, 0.2) is 0 Å². The zero-order valence-corrected chi connectivity index (χ0v) is 6.41. The molecule has 1 radical (unpaired) electrons. The maximum Gasteiger partial charge on any atom is 0.384 e. The van der Waals surface area contributed by atoms with Crippen molar-refractivity contribution in [2.75, 3.05) is 0 Å². The van der Waals surface area contributed by atoms with E-state index in [1.807, 2.05) is 30.3 Å². The summed E-state index contributed by atoms with van der Waals surface area (Å²) in [6.45, 7) is 0. The molecule has 0 saturated carbocycles. The molecule has 0 aliphatic heterocycles. The molecular formula is C10H7O2. The van der Waals surface area contributed by atoms with Crippen LogP contribution in [0.3, 0.4) is 0 Å². The number of hydrogen-bond donors (Lipinski definition) is 0. The molecule has 0 aliphatic carbocycles. The van der Waals surface area contributed by atoms with Gasteiger partial charge < -0.3 is 4.74 Å². The molecule has 0 aromatic heterocycles. The summed E-state index contributed by atoms with van der Waals surface area (Å²) in [5, 5.41) is 0. The Balaban J connectivity index is 2.74. The first kappa shape index (κ1) is 8.35. The van der Waals surface area contributed by atoms with Crippen LogP contribution in [0.25, 0.3) is 0 Å². The van der Waals surface area contributed by atoms with Crippen molar-refractivity contribution in [2.45, 2.75) is 0 Å². The Hall–Kier alpha value is -1.75. The van der Waals surface area contributed by atoms with Gasteiger partial charge in [-0.2, -0.15) is 0 Å². The lowest BCUT2D eigenvalue weighted by atomic mass is 10.2. The van der Waals surface area contributed by atoms with Crippen molar-refractivity contribution in [1.82, 2.24) is 0 Å². The first-order chi connectivity index (χ1) is 5.83. The fraction of sp³-hybridized carbons (Fsp3) is 0. The third-order valence-corrected chi connectivity index (χ3v) is 1.21. The van der Waals surface area contributed by atoms with Crippen LogP contribution in [0.5, 0.6) is 0 Å². The molecule has 0 N–H and O–H groups in total. The van der Waals surface area contributed by atoms with E-state index in [4.69, 9.17) is 0 Å². The lowest BCUT2D eigenvalue weighted by Crippen LogP contribution is -1.92. The first-order valence-electron chi connectivity index (χ1n) is 3.36. The number of rotatable bonds is 0. The molecule has 2 nitrogen and oxygen atoms in total. The van der Waals surface area contributed by atoms with Gasteiger partial charge in [0.2, 0.25) is 0 Å². The van der Waals surface area contributed by atoms with Crippen molar-refractivity contribution in [2.24, 2.45) is 0 Å². The van der Waals surface area contributed by atoms with Crippen LogP contribution < -0.4 is 0 Å². The van der Waals surface area contributed by atoms with Gasteiger partial charge in [-0.25, -0.2) is 4.79 Å². The molecular weight excluding hydrogens is 152 g/mol. The average Bonchev–Trinajstić information content (AvgIpc) is 2.16. The average molecular weight is 159 g/mol. The van der Waals surface area contributed by atoms with E-state index in [9.17, 15) is 4.79 Å². The zero-order valence-electron chi connectivity index (χ0n) is 6.41. The summed E-state index contributed by atoms with van der Waals surface area (Å²) in [6, 6.07) is 9.19. The molecule has 0 saturated heterocycles. The second-order valence-corrected chi connectivity index (χ2v) is 2.05. The quantitative estimate of drug-likeness (QED) is 0.422. The van der Waals surface area contributed by atoms with Crippen molar-refractivity contribution in [3.05, 3.63) is 43.0 Å². The summed E-state index contributed by atoms with van der Waals surface area (Å²) < 4.78 is 4.11. The lowest BCUT2D eigenvalue weighted by molar-refractivity contribution is -0.131. The van der Waals surface area contributed by atoms with Gasteiger partial charge in [0, 0.05) is 11.5 Å². The van der Waals surface area contributed by atoms with E-state index in [2.05, 4.69) is 23.7 Å². The summed E-state index contributed by atoms with van der Waals surface area (Å²) >= 11 is 0. The molecule has 0 bridgehead atoms. The predicted molar refractivity (Wildman–Crippen MR) is 44.8 cm³/mol. The molecule has 1 aromatic rings. The van der Waals surface area contributed by atoms with Crippen LogP contribution in [0.1, 0.15) is 5.56 Å². The fourth-order valence-corrected chi connectivity index (χ4v) is 0.681. The van der Waals surface area contributed by atoms with Crippen LogP contribution in [-0.2, 0) is 9.53 Å². The van der Waals surface area contributed by atoms with E-state index >= 15 is 0 Å². The van der Waals surface area contributed by atoms with E-state index in [0.717, 1.165) is 5.56 Å². The number of hydrogen-bond acceptors (Lipinski definition) is 2. The van der Waals surface area contributed by atoms with Crippen LogP contribution in [0, 0.1) is 19.0 Å². The zero-order chi connectivity index (χ0) is 8.81. The minimum Gasteiger partial charge on any atom is -0.452 e. The van der Waals surface area contributed by atoms with Crippen LogP contribution in [0.15, 0.2) is 30.3 Å². The Morgan fingerprint density at radius 3 is 2.58 bits per heavy atom. The molecule has 0 heterocycles. The lowest BCUT2D eigenvalue weighted by Gasteiger charge is -1.86. The molecule has 0 amide bonds. The maximum absolute atomic E-state index is 10.5. The van der Waals surface area contributed by atoms with Crippen molar-refractivity contribution >= 4 is 5.97 Å². The van der Waals surface area contributed by atoms with Crippen molar-refractivity contribution < 1.29 is 9.53 Å². The number of esters is 1. The Labute approximate surface area is 71.2 Å². The Morgan fingerprint density at radius 2 is 2.00 bits per heavy atom. The second-order valence-electron chi connectivity index (χ2n) is 2.05. The monoisotopic (exact) mass is 159 g/mol. The normalized spacial score (nSPS) is 8.08. The van der Waals surface area contributed by atoms with Crippen LogP contribution >= 0.6 is 0 Å². The Morgan fingerprint density at radius 1 is 1.33 bits per heavy atom. The SMILES string of the molecule is [CH2]OC(=O)C#Cc1ccccc1. The summed E-state index contributed by atoms with van der Waals surface area (Å²) in [5.74, 6) is 4.28. The molecule has 1 rings (SSSR count). The van der Waals surface area contributed by atoms with Gasteiger partial charge in [0.1, 0.15) is 7.11 Å². The number of carbonyl (C=O) groups is 1. The summed E-state index contributed by atoms with van der Waals surface area (Å²) in [5.41, 5.74) is 0.780. The summed E-state index contributed by atoms with van der Waals surface area (Å²) in [4.78, 5) is 10.5. The van der Waals surface area contributed by atoms with Gasteiger partial charge in [-0.3, -0.25) is 0 Å². The number of benzene rings is 1. The van der Waals surface area contributed by atoms with Crippen molar-refractivity contribution in [3.8, 4) is 11.8 Å². The van der Waals surface area contributed by atoms with E-state index in [-0.39, 0.29) is 0 Å². The van der Waals surface area contributed by atoms with Crippen LogP contribution in [0.2, 0.25) is 0 Å². The Kier molecular flexibility index (Phi) is 2.92. The number of carbonyl (C=O) groups excluding carboxylic acids is 1. The van der Waals surface area contributed by atoms with E-state index in [1.54, 1.807) is 0 Å². The van der Waals surface area contributed by atoms with E-state index in [1.165, 1.54) is 0 Å². The third kappa shape index (κ3) is 2.47. The minimum absolute atomic E-state index is 0.626. The molecule has 59 valence electrons. The van der Waals surface area contributed by atoms with Gasteiger partial charge in [-0.05, 0) is 12.1 Å².